The molecule has 1 saturated carbocycles. The smallest absolute Gasteiger partial charge is 0.126 e. The van der Waals surface area contributed by atoms with Crippen LogP contribution in [0.5, 0.6) is 0 Å². The highest BCUT2D eigenvalue weighted by Gasteiger charge is 2.33. The topological polar surface area (TPSA) is 12.0 Å². The molecule has 112 valence electrons. The molecule has 0 saturated heterocycles. The van der Waals surface area contributed by atoms with Crippen LogP contribution in [-0.2, 0) is 6.54 Å². The monoisotopic (exact) mass is 277 g/mol. The van der Waals surface area contributed by atoms with E-state index in [9.17, 15) is 4.39 Å². The zero-order valence-corrected chi connectivity index (χ0v) is 13.1. The van der Waals surface area contributed by atoms with Gasteiger partial charge in [0.05, 0.1) is 0 Å². The van der Waals surface area contributed by atoms with Crippen molar-refractivity contribution < 1.29 is 4.39 Å². The molecular formula is C18H28FN. The summed E-state index contributed by atoms with van der Waals surface area (Å²) in [6.07, 6.45) is 6.74. The number of nitrogens with one attached hydrogen (secondary N) is 1. The van der Waals surface area contributed by atoms with E-state index in [0.29, 0.717) is 5.41 Å². The fourth-order valence-corrected chi connectivity index (χ4v) is 3.66. The lowest BCUT2D eigenvalue weighted by Crippen LogP contribution is -2.33. The predicted molar refractivity (Wildman–Crippen MR) is 83.2 cm³/mol. The molecule has 0 aliphatic heterocycles. The molecular weight excluding hydrogens is 249 g/mol. The van der Waals surface area contributed by atoms with Crippen molar-refractivity contribution in [3.63, 3.8) is 0 Å². The van der Waals surface area contributed by atoms with Crippen LogP contribution in [0.25, 0.3) is 0 Å². The van der Waals surface area contributed by atoms with Gasteiger partial charge in [-0.3, -0.25) is 0 Å². The first-order valence-corrected chi connectivity index (χ1v) is 7.96. The number of benzene rings is 1. The summed E-state index contributed by atoms with van der Waals surface area (Å²) in [5.41, 5.74) is 2.25. The van der Waals surface area contributed by atoms with E-state index in [4.69, 9.17) is 0 Å². The number of hydrogen-bond acceptors (Lipinski definition) is 1. The Balaban J connectivity index is 1.88. The quantitative estimate of drug-likeness (QED) is 0.785. The average molecular weight is 277 g/mol. The first kappa shape index (κ1) is 15.5. The highest BCUT2D eigenvalue weighted by atomic mass is 19.1. The van der Waals surface area contributed by atoms with E-state index in [-0.39, 0.29) is 5.82 Å². The zero-order chi connectivity index (χ0) is 14.6. The molecule has 1 aromatic carbocycles. The van der Waals surface area contributed by atoms with Gasteiger partial charge in [0, 0.05) is 13.1 Å². The highest BCUT2D eigenvalue weighted by Crippen LogP contribution is 2.42. The molecule has 1 aromatic rings. The summed E-state index contributed by atoms with van der Waals surface area (Å²) < 4.78 is 13.5. The normalized spacial score (nSPS) is 17.9. The van der Waals surface area contributed by atoms with Gasteiger partial charge < -0.3 is 5.32 Å². The lowest BCUT2D eigenvalue weighted by atomic mass is 9.78. The van der Waals surface area contributed by atoms with Crippen molar-refractivity contribution in [3.8, 4) is 0 Å². The molecule has 0 amide bonds. The Morgan fingerprint density at radius 2 is 1.95 bits per heavy atom. The minimum atomic E-state index is -0.0953. The Hall–Kier alpha value is -0.890. The van der Waals surface area contributed by atoms with Crippen LogP contribution in [0.2, 0.25) is 0 Å². The predicted octanol–water partition coefficient (Wildman–Crippen LogP) is 4.83. The lowest BCUT2D eigenvalue weighted by molar-refractivity contribution is 0.223. The first-order chi connectivity index (χ1) is 9.51. The van der Waals surface area contributed by atoms with Crippen LogP contribution in [0.15, 0.2) is 18.2 Å². The number of hydrogen-bond donors (Lipinski definition) is 1. The minimum Gasteiger partial charge on any atom is -0.312 e. The van der Waals surface area contributed by atoms with Crippen LogP contribution in [0, 0.1) is 24.1 Å². The second kappa shape index (κ2) is 6.71. The summed E-state index contributed by atoms with van der Waals surface area (Å²) in [5, 5.41) is 3.57. The van der Waals surface area contributed by atoms with Gasteiger partial charge in [0.1, 0.15) is 5.82 Å². The third-order valence-corrected chi connectivity index (χ3v) is 4.57. The van der Waals surface area contributed by atoms with E-state index < -0.39 is 0 Å². The maximum atomic E-state index is 13.5. The van der Waals surface area contributed by atoms with Gasteiger partial charge in [-0.15, -0.1) is 0 Å². The number of halogens is 1. The third-order valence-electron chi connectivity index (χ3n) is 4.57. The standard InChI is InChI=1S/C18H28FN/c1-14(2)11-18(8-4-5-9-18)13-20-12-16-7-6-15(3)17(19)10-16/h6-7,10,14,20H,4-5,8-9,11-13H2,1-3H3. The molecule has 0 atom stereocenters. The molecule has 0 radical (unpaired) electrons. The van der Waals surface area contributed by atoms with Crippen molar-refractivity contribution in [3.05, 3.63) is 35.1 Å². The first-order valence-electron chi connectivity index (χ1n) is 7.96. The van der Waals surface area contributed by atoms with E-state index in [1.54, 1.807) is 6.07 Å². The van der Waals surface area contributed by atoms with Gasteiger partial charge in [0.15, 0.2) is 0 Å². The maximum absolute atomic E-state index is 13.5. The summed E-state index contributed by atoms with van der Waals surface area (Å²) in [6.45, 7) is 8.28. The summed E-state index contributed by atoms with van der Waals surface area (Å²) >= 11 is 0. The van der Waals surface area contributed by atoms with Gasteiger partial charge in [0.2, 0.25) is 0 Å². The van der Waals surface area contributed by atoms with Crippen molar-refractivity contribution in [2.45, 2.75) is 59.4 Å². The van der Waals surface area contributed by atoms with Crippen LogP contribution >= 0.6 is 0 Å². The Kier molecular flexibility index (Phi) is 5.20. The molecule has 20 heavy (non-hydrogen) atoms. The van der Waals surface area contributed by atoms with Crippen LogP contribution in [0.3, 0.4) is 0 Å². The third kappa shape index (κ3) is 4.05. The molecule has 1 nitrogen and oxygen atoms in total. The fourth-order valence-electron chi connectivity index (χ4n) is 3.66. The molecule has 2 rings (SSSR count). The second-order valence-corrected chi connectivity index (χ2v) is 6.99. The summed E-state index contributed by atoms with van der Waals surface area (Å²) in [7, 11) is 0. The largest absolute Gasteiger partial charge is 0.312 e. The maximum Gasteiger partial charge on any atom is 0.126 e. The summed E-state index contributed by atoms with van der Waals surface area (Å²) in [6, 6.07) is 5.55. The lowest BCUT2D eigenvalue weighted by Gasteiger charge is -2.31. The van der Waals surface area contributed by atoms with Crippen molar-refractivity contribution >= 4 is 0 Å². The molecule has 0 unspecified atom stereocenters. The molecule has 1 N–H and O–H groups in total. The van der Waals surface area contributed by atoms with Gasteiger partial charge in [0.25, 0.3) is 0 Å². The molecule has 0 heterocycles. The van der Waals surface area contributed by atoms with E-state index in [1.807, 2.05) is 19.1 Å². The molecule has 1 fully saturated rings. The van der Waals surface area contributed by atoms with Gasteiger partial charge in [-0.1, -0.05) is 38.8 Å². The van der Waals surface area contributed by atoms with Gasteiger partial charge in [-0.25, -0.2) is 4.39 Å². The molecule has 1 aliphatic rings. The number of aryl methyl sites for hydroxylation is 1. The number of rotatable bonds is 6. The van der Waals surface area contributed by atoms with Gasteiger partial charge >= 0.3 is 0 Å². The van der Waals surface area contributed by atoms with Crippen LogP contribution in [-0.4, -0.2) is 6.54 Å². The van der Waals surface area contributed by atoms with Crippen LogP contribution in [0.4, 0.5) is 4.39 Å². The highest BCUT2D eigenvalue weighted by molar-refractivity contribution is 5.23. The Labute approximate surface area is 123 Å². The van der Waals surface area contributed by atoms with Crippen LogP contribution in [0.1, 0.15) is 57.1 Å². The second-order valence-electron chi connectivity index (χ2n) is 6.99. The van der Waals surface area contributed by atoms with Gasteiger partial charge in [-0.2, -0.15) is 0 Å². The molecule has 1 aliphatic carbocycles. The van der Waals surface area contributed by atoms with Crippen molar-refractivity contribution in [1.82, 2.24) is 5.32 Å². The van der Waals surface area contributed by atoms with E-state index in [2.05, 4.69) is 19.2 Å². The fraction of sp³-hybridized carbons (Fsp3) is 0.667. The Bertz CT molecular complexity index is 433. The van der Waals surface area contributed by atoms with Crippen molar-refractivity contribution in [2.75, 3.05) is 6.54 Å². The van der Waals surface area contributed by atoms with Crippen LogP contribution < -0.4 is 5.32 Å². The summed E-state index contributed by atoms with van der Waals surface area (Å²) in [5.74, 6) is 0.661. The van der Waals surface area contributed by atoms with Crippen molar-refractivity contribution in [2.24, 2.45) is 11.3 Å². The van der Waals surface area contributed by atoms with E-state index >= 15 is 0 Å². The zero-order valence-electron chi connectivity index (χ0n) is 13.1. The van der Waals surface area contributed by atoms with E-state index in [1.165, 1.54) is 32.1 Å². The summed E-state index contributed by atoms with van der Waals surface area (Å²) in [4.78, 5) is 0. The molecule has 2 heteroatoms. The molecule has 0 spiro atoms. The molecule has 0 bridgehead atoms. The van der Waals surface area contributed by atoms with Gasteiger partial charge in [-0.05, 0) is 54.7 Å². The Morgan fingerprint density at radius 3 is 2.55 bits per heavy atom. The average Bonchev–Trinajstić information content (AvgIpc) is 2.81. The Morgan fingerprint density at radius 1 is 1.25 bits per heavy atom. The minimum absolute atomic E-state index is 0.0953. The SMILES string of the molecule is Cc1ccc(CNCC2(CC(C)C)CCCC2)cc1F. The molecule has 0 aromatic heterocycles. The van der Waals surface area contributed by atoms with E-state index in [0.717, 1.165) is 30.1 Å². The van der Waals surface area contributed by atoms with Crippen molar-refractivity contribution in [1.29, 1.82) is 0 Å².